The fourth-order valence-electron chi connectivity index (χ4n) is 1.00. The van der Waals surface area contributed by atoms with Crippen molar-refractivity contribution in [2.45, 2.75) is 13.3 Å². The first-order valence-electron chi connectivity index (χ1n) is 4.48. The molecule has 1 rings (SSSR count). The van der Waals surface area contributed by atoms with Gasteiger partial charge in [0.2, 0.25) is 0 Å². The molecule has 1 aromatic rings. The van der Waals surface area contributed by atoms with Crippen molar-refractivity contribution in [2.24, 2.45) is 0 Å². The second-order valence-corrected chi connectivity index (χ2v) is 3.00. The molecule has 5 nitrogen and oxygen atoms in total. The minimum absolute atomic E-state index is 0. The zero-order valence-electron chi connectivity index (χ0n) is 8.23. The van der Waals surface area contributed by atoms with Gasteiger partial charge in [-0.25, -0.2) is 4.79 Å². The Morgan fingerprint density at radius 2 is 1.75 bits per heavy atom. The Morgan fingerprint density at radius 1 is 1.25 bits per heavy atom. The second kappa shape index (κ2) is 6.62. The van der Waals surface area contributed by atoms with Gasteiger partial charge in [0.1, 0.15) is 0 Å². The van der Waals surface area contributed by atoms with Gasteiger partial charge in [-0.15, -0.1) is 0 Å². The van der Waals surface area contributed by atoms with Crippen LogP contribution in [0.2, 0.25) is 0 Å². The van der Waals surface area contributed by atoms with Crippen LogP contribution in [0, 0.1) is 0 Å². The van der Waals surface area contributed by atoms with E-state index in [-0.39, 0.29) is 41.7 Å². The number of hydrogen-bond donors (Lipinski definition) is 3. The molecule has 0 aromatic heterocycles. The Kier molecular flexibility index (Phi) is 6.25. The summed E-state index contributed by atoms with van der Waals surface area (Å²) >= 11 is 0. The molecule has 0 heterocycles. The second-order valence-electron chi connectivity index (χ2n) is 3.00. The molecule has 0 spiro atoms. The van der Waals surface area contributed by atoms with Gasteiger partial charge in [0.05, 0.1) is 12.2 Å². The average molecular weight is 236 g/mol. The van der Waals surface area contributed by atoms with E-state index in [1.165, 1.54) is 0 Å². The van der Waals surface area contributed by atoms with Crippen LogP contribution >= 0.6 is 0 Å². The van der Waals surface area contributed by atoms with Gasteiger partial charge in [0.25, 0.3) is 0 Å². The summed E-state index contributed by atoms with van der Waals surface area (Å²) in [4.78, 5) is 11.3. The van der Waals surface area contributed by atoms with Crippen molar-refractivity contribution in [1.82, 2.24) is 0 Å². The van der Waals surface area contributed by atoms with Gasteiger partial charge < -0.3 is 20.1 Å². The van der Waals surface area contributed by atoms with Crippen LogP contribution in [0.1, 0.15) is 23.7 Å². The number of rotatable bonds is 3. The number of ether oxygens (including phenoxy) is 1. The number of benzene rings is 1. The molecule has 0 saturated heterocycles. The predicted molar refractivity (Wildman–Crippen MR) is 59.2 cm³/mol. The van der Waals surface area contributed by atoms with Crippen LogP contribution in [0.15, 0.2) is 12.1 Å². The van der Waals surface area contributed by atoms with Crippen molar-refractivity contribution >= 4 is 35.5 Å². The summed E-state index contributed by atoms with van der Waals surface area (Å²) in [7, 11) is 0. The Morgan fingerprint density at radius 3 is 2.19 bits per heavy atom. The number of phenolic OH excluding ortho intramolecular Hbond substituents is 3. The van der Waals surface area contributed by atoms with Crippen LogP contribution in [0.3, 0.4) is 0 Å². The molecule has 3 N–H and O–H groups in total. The first kappa shape index (κ1) is 15.1. The monoisotopic (exact) mass is 236 g/mol. The van der Waals surface area contributed by atoms with E-state index in [1.54, 1.807) is 0 Å². The summed E-state index contributed by atoms with van der Waals surface area (Å²) in [5.74, 6) is -2.42. The quantitative estimate of drug-likeness (QED) is 0.409. The van der Waals surface area contributed by atoms with Crippen LogP contribution < -0.4 is 0 Å². The maximum atomic E-state index is 11.3. The fourth-order valence-corrected chi connectivity index (χ4v) is 1.00. The third-order valence-electron chi connectivity index (χ3n) is 1.74. The van der Waals surface area contributed by atoms with E-state index in [2.05, 4.69) is 0 Å². The molecule has 0 radical (unpaired) electrons. The third kappa shape index (κ3) is 3.59. The Hall–Kier alpha value is -0.910. The SMILES string of the molecule is CCCOC(=O)c1cc(O)c(O)c(O)c1.[NaH]. The van der Waals surface area contributed by atoms with E-state index in [0.717, 1.165) is 12.1 Å². The molecule has 0 amide bonds. The average Bonchev–Trinajstić information content (AvgIpc) is 2.21. The van der Waals surface area contributed by atoms with E-state index in [9.17, 15) is 4.79 Å². The topological polar surface area (TPSA) is 87.0 Å². The molecule has 0 bridgehead atoms. The van der Waals surface area contributed by atoms with Gasteiger partial charge in [-0.2, -0.15) is 0 Å². The molecule has 6 heteroatoms. The van der Waals surface area contributed by atoms with Gasteiger partial charge in [-0.1, -0.05) is 6.92 Å². The van der Waals surface area contributed by atoms with Crippen molar-refractivity contribution in [2.75, 3.05) is 6.61 Å². The van der Waals surface area contributed by atoms with Gasteiger partial charge in [-0.3, -0.25) is 0 Å². The zero-order valence-corrected chi connectivity index (χ0v) is 8.23. The summed E-state index contributed by atoms with van der Waals surface area (Å²) in [5.41, 5.74) is -0.00347. The molecule has 0 atom stereocenters. The first-order valence-corrected chi connectivity index (χ1v) is 4.48. The maximum absolute atomic E-state index is 11.3. The summed E-state index contributed by atoms with van der Waals surface area (Å²) in [6.07, 6.45) is 0.682. The molecule has 0 aliphatic rings. The van der Waals surface area contributed by atoms with Crippen molar-refractivity contribution in [1.29, 1.82) is 0 Å². The third-order valence-corrected chi connectivity index (χ3v) is 1.74. The summed E-state index contributed by atoms with van der Waals surface area (Å²) < 4.78 is 4.78. The summed E-state index contributed by atoms with van der Waals surface area (Å²) in [6.45, 7) is 2.11. The summed E-state index contributed by atoms with van der Waals surface area (Å²) in [5, 5.41) is 27.3. The molecule has 84 valence electrons. The van der Waals surface area contributed by atoms with E-state index < -0.39 is 23.2 Å². The molecular weight excluding hydrogens is 223 g/mol. The van der Waals surface area contributed by atoms with Gasteiger partial charge in [0.15, 0.2) is 17.2 Å². The Bertz CT molecular complexity index is 354. The molecule has 0 unspecified atom stereocenters. The number of carbonyl (C=O) groups excluding carboxylic acids is 1. The van der Waals surface area contributed by atoms with Crippen molar-refractivity contribution in [3.8, 4) is 17.2 Å². The van der Waals surface area contributed by atoms with E-state index in [0.29, 0.717) is 6.42 Å². The standard InChI is InChI=1S/C10H12O5.Na.H/c1-2-3-15-10(14)6-4-7(11)9(13)8(12)5-6;;/h4-5,11-13H,2-3H2,1H3;;. The van der Waals surface area contributed by atoms with Crippen LogP contribution in [-0.2, 0) is 4.74 Å². The van der Waals surface area contributed by atoms with Crippen molar-refractivity contribution < 1.29 is 24.9 Å². The van der Waals surface area contributed by atoms with Gasteiger partial charge in [0, 0.05) is 0 Å². The van der Waals surface area contributed by atoms with Gasteiger partial charge in [-0.05, 0) is 18.6 Å². The molecular formula is C10H13NaO5. The normalized spacial score (nSPS) is 9.31. The van der Waals surface area contributed by atoms with E-state index in [4.69, 9.17) is 20.1 Å². The van der Waals surface area contributed by atoms with E-state index >= 15 is 0 Å². The summed E-state index contributed by atoms with van der Waals surface area (Å²) in [6, 6.07) is 2.07. The number of carbonyl (C=O) groups is 1. The molecule has 0 saturated carbocycles. The molecule has 0 aliphatic heterocycles. The Labute approximate surface area is 115 Å². The molecule has 0 aliphatic carbocycles. The first-order chi connectivity index (χ1) is 7.06. The van der Waals surface area contributed by atoms with Crippen LogP contribution in [0.5, 0.6) is 17.2 Å². The zero-order chi connectivity index (χ0) is 11.4. The number of aromatic hydroxyl groups is 3. The Balaban J connectivity index is 0.00000225. The predicted octanol–water partition coefficient (Wildman–Crippen LogP) is 0.722. The van der Waals surface area contributed by atoms with Crippen LogP contribution in [0.4, 0.5) is 0 Å². The molecule has 0 fully saturated rings. The fraction of sp³-hybridized carbons (Fsp3) is 0.300. The van der Waals surface area contributed by atoms with Crippen molar-refractivity contribution in [3.05, 3.63) is 17.7 Å². The van der Waals surface area contributed by atoms with E-state index in [1.807, 2.05) is 6.92 Å². The van der Waals surface area contributed by atoms with Crippen LogP contribution in [-0.4, -0.2) is 57.5 Å². The number of esters is 1. The van der Waals surface area contributed by atoms with Crippen LogP contribution in [0.25, 0.3) is 0 Å². The number of hydrogen-bond acceptors (Lipinski definition) is 5. The van der Waals surface area contributed by atoms with Gasteiger partial charge >= 0.3 is 35.5 Å². The number of phenols is 3. The molecule has 1 aromatic carbocycles. The molecule has 16 heavy (non-hydrogen) atoms. The van der Waals surface area contributed by atoms with Crippen molar-refractivity contribution in [3.63, 3.8) is 0 Å². The minimum atomic E-state index is -0.651.